The van der Waals surface area contributed by atoms with E-state index < -0.39 is 9.84 Å². The number of benzene rings is 1. The first-order valence-corrected chi connectivity index (χ1v) is 11.4. The summed E-state index contributed by atoms with van der Waals surface area (Å²) in [5.41, 5.74) is 3.22. The molecule has 0 atom stereocenters. The van der Waals surface area contributed by atoms with Crippen LogP contribution in [0.5, 0.6) is 0 Å². The zero-order valence-electron chi connectivity index (χ0n) is 14.4. The molecule has 0 radical (unpaired) electrons. The molecule has 6 nitrogen and oxygen atoms in total. The first-order valence-electron chi connectivity index (χ1n) is 8.23. The molecule has 26 heavy (non-hydrogen) atoms. The van der Waals surface area contributed by atoms with Crippen molar-refractivity contribution >= 4 is 38.7 Å². The Morgan fingerprint density at radius 3 is 2.77 bits per heavy atom. The maximum absolute atomic E-state index is 12.8. The molecule has 1 saturated heterocycles. The van der Waals surface area contributed by atoms with Gasteiger partial charge in [-0.2, -0.15) is 0 Å². The smallest absolute Gasteiger partial charge is 0.253 e. The van der Waals surface area contributed by atoms with Gasteiger partial charge in [0.1, 0.15) is 0 Å². The number of carbonyl (C=O) groups is 1. The molecule has 1 aliphatic rings. The van der Waals surface area contributed by atoms with Crippen LogP contribution >= 0.6 is 22.9 Å². The molecular weight excluding hydrogens is 394 g/mol. The lowest BCUT2D eigenvalue weighted by Gasteiger charge is -2.22. The zero-order chi connectivity index (χ0) is 18.7. The quantitative estimate of drug-likeness (QED) is 0.770. The standard InChI is InChI=1S/C17H20ClN3O3S2/c1-26(23,24)16-9-13(3-4-15(16)18)17(22)21-6-2-5-20(7-8-21)10-14-11-25-12-19-14/h3-4,9,11-12H,2,5-8,10H2,1H3. The van der Waals surface area contributed by atoms with Crippen molar-refractivity contribution in [2.45, 2.75) is 17.9 Å². The lowest BCUT2D eigenvalue weighted by molar-refractivity contribution is 0.0761. The van der Waals surface area contributed by atoms with Crippen LogP contribution in [0.3, 0.4) is 0 Å². The average molecular weight is 414 g/mol. The van der Waals surface area contributed by atoms with Crippen molar-refractivity contribution in [1.82, 2.24) is 14.8 Å². The molecule has 2 heterocycles. The number of hydrogen-bond donors (Lipinski definition) is 0. The van der Waals surface area contributed by atoms with Crippen LogP contribution in [-0.4, -0.2) is 61.5 Å². The number of halogens is 1. The van der Waals surface area contributed by atoms with Gasteiger partial charge in [0.25, 0.3) is 5.91 Å². The predicted molar refractivity (Wildman–Crippen MR) is 102 cm³/mol. The van der Waals surface area contributed by atoms with E-state index in [4.69, 9.17) is 11.6 Å². The Labute approximate surface area is 162 Å². The highest BCUT2D eigenvalue weighted by atomic mass is 35.5. The van der Waals surface area contributed by atoms with E-state index >= 15 is 0 Å². The molecule has 1 aromatic heterocycles. The Morgan fingerprint density at radius 1 is 1.27 bits per heavy atom. The van der Waals surface area contributed by atoms with Crippen LogP contribution < -0.4 is 0 Å². The van der Waals surface area contributed by atoms with Gasteiger partial charge in [-0.05, 0) is 24.6 Å². The molecule has 2 aromatic rings. The molecule has 0 saturated carbocycles. The summed E-state index contributed by atoms with van der Waals surface area (Å²) < 4.78 is 23.7. The SMILES string of the molecule is CS(=O)(=O)c1cc(C(=O)N2CCCN(Cc3cscn3)CC2)ccc1Cl. The summed E-state index contributed by atoms with van der Waals surface area (Å²) in [6.45, 7) is 3.68. The highest BCUT2D eigenvalue weighted by molar-refractivity contribution is 7.90. The van der Waals surface area contributed by atoms with Gasteiger partial charge >= 0.3 is 0 Å². The van der Waals surface area contributed by atoms with Gasteiger partial charge in [-0.15, -0.1) is 11.3 Å². The van der Waals surface area contributed by atoms with Crippen LogP contribution in [0.25, 0.3) is 0 Å². The fourth-order valence-corrected chi connectivity index (χ4v) is 4.83. The largest absolute Gasteiger partial charge is 0.337 e. The third-order valence-electron chi connectivity index (χ3n) is 4.32. The number of carbonyl (C=O) groups excluding carboxylic acids is 1. The molecule has 1 aliphatic heterocycles. The van der Waals surface area contributed by atoms with Gasteiger partial charge in [0.15, 0.2) is 9.84 Å². The van der Waals surface area contributed by atoms with Gasteiger partial charge in [-0.3, -0.25) is 9.69 Å². The van der Waals surface area contributed by atoms with E-state index in [2.05, 4.69) is 9.88 Å². The minimum atomic E-state index is -3.48. The van der Waals surface area contributed by atoms with Crippen LogP contribution in [0.1, 0.15) is 22.5 Å². The van der Waals surface area contributed by atoms with E-state index in [1.54, 1.807) is 22.3 Å². The first-order chi connectivity index (χ1) is 12.3. The molecule has 0 bridgehead atoms. The molecule has 3 rings (SSSR count). The van der Waals surface area contributed by atoms with Gasteiger partial charge < -0.3 is 4.90 Å². The Morgan fingerprint density at radius 2 is 2.08 bits per heavy atom. The van der Waals surface area contributed by atoms with Crippen LogP contribution in [0, 0.1) is 0 Å². The number of nitrogens with zero attached hydrogens (tertiary/aromatic N) is 3. The Kier molecular flexibility index (Phi) is 5.96. The third-order valence-corrected chi connectivity index (χ3v) is 6.54. The highest BCUT2D eigenvalue weighted by Gasteiger charge is 2.22. The summed E-state index contributed by atoms with van der Waals surface area (Å²) in [6, 6.07) is 4.42. The van der Waals surface area contributed by atoms with Crippen molar-refractivity contribution in [1.29, 1.82) is 0 Å². The van der Waals surface area contributed by atoms with Crippen molar-refractivity contribution in [3.8, 4) is 0 Å². The Hall–Kier alpha value is -1.48. The van der Waals surface area contributed by atoms with E-state index in [-0.39, 0.29) is 15.8 Å². The second kappa shape index (κ2) is 8.04. The lowest BCUT2D eigenvalue weighted by atomic mass is 10.2. The maximum atomic E-state index is 12.8. The second-order valence-corrected chi connectivity index (χ2v) is 9.43. The van der Waals surface area contributed by atoms with Crippen molar-refractivity contribution in [3.63, 3.8) is 0 Å². The summed E-state index contributed by atoms with van der Waals surface area (Å²) in [5.74, 6) is -0.165. The number of rotatable bonds is 4. The fourth-order valence-electron chi connectivity index (χ4n) is 2.98. The normalized spacial score (nSPS) is 16.5. The molecule has 0 aliphatic carbocycles. The van der Waals surface area contributed by atoms with E-state index in [0.717, 1.165) is 38.0 Å². The first kappa shape index (κ1) is 19.3. The third kappa shape index (κ3) is 4.62. The molecule has 9 heteroatoms. The maximum Gasteiger partial charge on any atom is 0.253 e. The monoisotopic (exact) mass is 413 g/mol. The number of hydrogen-bond acceptors (Lipinski definition) is 6. The van der Waals surface area contributed by atoms with E-state index in [1.807, 2.05) is 10.9 Å². The molecule has 1 amide bonds. The minimum absolute atomic E-state index is 0.00926. The van der Waals surface area contributed by atoms with Gasteiger partial charge in [-0.25, -0.2) is 13.4 Å². The summed E-state index contributed by atoms with van der Waals surface area (Å²) in [7, 11) is -3.48. The molecule has 0 unspecified atom stereocenters. The minimum Gasteiger partial charge on any atom is -0.337 e. The highest BCUT2D eigenvalue weighted by Crippen LogP contribution is 2.23. The van der Waals surface area contributed by atoms with Crippen molar-refractivity contribution in [3.05, 3.63) is 45.4 Å². The van der Waals surface area contributed by atoms with Crippen molar-refractivity contribution in [2.75, 3.05) is 32.4 Å². The van der Waals surface area contributed by atoms with Gasteiger partial charge in [0.2, 0.25) is 0 Å². The molecular formula is C17H20ClN3O3S2. The zero-order valence-corrected chi connectivity index (χ0v) is 16.8. The molecule has 1 aromatic carbocycles. The molecule has 140 valence electrons. The fraction of sp³-hybridized carbons (Fsp3) is 0.412. The summed E-state index contributed by atoms with van der Waals surface area (Å²) >= 11 is 7.55. The predicted octanol–water partition coefficient (Wildman–Crippen LogP) is 2.55. The van der Waals surface area contributed by atoms with E-state index in [0.29, 0.717) is 18.7 Å². The van der Waals surface area contributed by atoms with Gasteiger partial charge in [0.05, 0.1) is 21.1 Å². The molecule has 0 spiro atoms. The molecule has 1 fully saturated rings. The van der Waals surface area contributed by atoms with Gasteiger partial charge in [0, 0.05) is 49.9 Å². The number of sulfone groups is 1. The number of aromatic nitrogens is 1. The van der Waals surface area contributed by atoms with E-state index in [1.165, 1.54) is 12.1 Å². The summed E-state index contributed by atoms with van der Waals surface area (Å²) in [6.07, 6.45) is 1.95. The number of thiazole rings is 1. The lowest BCUT2D eigenvalue weighted by Crippen LogP contribution is -2.35. The van der Waals surface area contributed by atoms with Crippen molar-refractivity contribution < 1.29 is 13.2 Å². The number of amides is 1. The van der Waals surface area contributed by atoms with E-state index in [9.17, 15) is 13.2 Å². The topological polar surface area (TPSA) is 70.6 Å². The van der Waals surface area contributed by atoms with Crippen LogP contribution in [0.4, 0.5) is 0 Å². The van der Waals surface area contributed by atoms with Crippen LogP contribution in [-0.2, 0) is 16.4 Å². The summed E-state index contributed by atoms with van der Waals surface area (Å²) in [5, 5.41) is 2.17. The molecule has 0 N–H and O–H groups in total. The van der Waals surface area contributed by atoms with Crippen LogP contribution in [0.2, 0.25) is 5.02 Å². The Bertz CT molecular complexity index is 885. The second-order valence-electron chi connectivity index (χ2n) is 6.32. The van der Waals surface area contributed by atoms with Gasteiger partial charge in [-0.1, -0.05) is 11.6 Å². The van der Waals surface area contributed by atoms with Crippen molar-refractivity contribution in [2.24, 2.45) is 0 Å². The Balaban J connectivity index is 1.70. The summed E-state index contributed by atoms with van der Waals surface area (Å²) in [4.78, 5) is 21.2. The average Bonchev–Trinajstić information content (AvgIpc) is 2.98. The van der Waals surface area contributed by atoms with Crippen LogP contribution in [0.15, 0.2) is 34.0 Å².